The Morgan fingerprint density at radius 3 is 2.57 bits per heavy atom. The largest absolute Gasteiger partial charge is 0.493 e. The summed E-state index contributed by atoms with van der Waals surface area (Å²) in [5.74, 6) is 1.25. The molecule has 3 heterocycles. The van der Waals surface area contributed by atoms with Crippen LogP contribution in [0.25, 0.3) is 0 Å². The van der Waals surface area contributed by atoms with E-state index in [0.717, 1.165) is 18.4 Å². The van der Waals surface area contributed by atoms with Gasteiger partial charge >= 0.3 is 0 Å². The van der Waals surface area contributed by atoms with E-state index in [2.05, 4.69) is 25.2 Å². The lowest BCUT2D eigenvalue weighted by Gasteiger charge is -2.48. The number of guanidine groups is 1. The molecule has 6 N–H and O–H groups in total. The van der Waals surface area contributed by atoms with Crippen LogP contribution in [-0.2, 0) is 4.74 Å². The molecule has 3 aliphatic rings. The number of methoxy groups -OCH3 is 1. The van der Waals surface area contributed by atoms with Crippen molar-refractivity contribution in [3.63, 3.8) is 0 Å². The van der Waals surface area contributed by atoms with Crippen molar-refractivity contribution < 1.29 is 29.5 Å². The maximum atomic E-state index is 11.5. The van der Waals surface area contributed by atoms with E-state index >= 15 is 0 Å². The number of nitrogens with zero attached hydrogens (tertiary/aromatic N) is 3. The predicted octanol–water partition coefficient (Wildman–Crippen LogP) is 2.62. The van der Waals surface area contributed by atoms with Gasteiger partial charge in [0.2, 0.25) is 0 Å². The van der Waals surface area contributed by atoms with Crippen LogP contribution in [0.3, 0.4) is 0 Å². The number of fused-ring (bicyclic) bond motifs is 2. The molecule has 0 saturated heterocycles. The maximum absolute atomic E-state index is 11.5. The number of hydrogen-bond donors (Lipinski definition) is 5. The molecular weight excluding hydrogens is 538 g/mol. The van der Waals surface area contributed by atoms with E-state index in [1.807, 2.05) is 6.07 Å². The van der Waals surface area contributed by atoms with Gasteiger partial charge in [0.05, 0.1) is 42.5 Å². The Hall–Kier alpha value is -3.40. The van der Waals surface area contributed by atoms with Crippen LogP contribution in [0.2, 0.25) is 0 Å². The maximum Gasteiger partial charge on any atom is 0.194 e. The SMILES string of the molecule is CCC1(CC)CC(O)N([C@H]2c3cc(C(O)N[C@@H]4c5cc(C#N)ccc5OC[C@@]4(C)O)ccc3OC[C@H]2COC)C(N)=N1. The molecule has 2 unspecified atom stereocenters. The first-order valence-electron chi connectivity index (χ1n) is 14.5. The third-order valence-corrected chi connectivity index (χ3v) is 8.98. The summed E-state index contributed by atoms with van der Waals surface area (Å²) in [5, 5.41) is 46.7. The van der Waals surface area contributed by atoms with Crippen LogP contribution in [-0.4, -0.2) is 70.5 Å². The van der Waals surface area contributed by atoms with Crippen molar-refractivity contribution in [2.24, 2.45) is 16.6 Å². The van der Waals surface area contributed by atoms with Gasteiger partial charge < -0.3 is 40.2 Å². The van der Waals surface area contributed by atoms with Crippen LogP contribution in [0.4, 0.5) is 0 Å². The van der Waals surface area contributed by atoms with Crippen molar-refractivity contribution in [1.82, 2.24) is 10.2 Å². The van der Waals surface area contributed by atoms with Crippen molar-refractivity contribution in [2.75, 3.05) is 26.9 Å². The Labute approximate surface area is 246 Å². The molecule has 0 saturated carbocycles. The monoisotopic (exact) mass is 579 g/mol. The number of ether oxygens (including phenoxy) is 3. The smallest absolute Gasteiger partial charge is 0.194 e. The average Bonchev–Trinajstić information content (AvgIpc) is 2.98. The summed E-state index contributed by atoms with van der Waals surface area (Å²) < 4.78 is 17.4. The Morgan fingerprint density at radius 2 is 1.90 bits per heavy atom. The second-order valence-corrected chi connectivity index (χ2v) is 11.8. The molecule has 0 amide bonds. The van der Waals surface area contributed by atoms with E-state index in [1.165, 1.54) is 0 Å². The molecule has 11 heteroatoms. The topological polar surface area (TPSA) is 166 Å². The fraction of sp³-hybridized carbons (Fsp3) is 0.548. The van der Waals surface area contributed by atoms with Gasteiger partial charge in [0.15, 0.2) is 5.96 Å². The molecule has 0 fully saturated rings. The van der Waals surface area contributed by atoms with Crippen LogP contribution in [0.5, 0.6) is 11.5 Å². The van der Waals surface area contributed by atoms with Crippen molar-refractivity contribution in [3.8, 4) is 17.6 Å². The van der Waals surface area contributed by atoms with E-state index in [4.69, 9.17) is 24.9 Å². The van der Waals surface area contributed by atoms with E-state index in [0.29, 0.717) is 47.8 Å². The zero-order valence-electron chi connectivity index (χ0n) is 24.6. The molecule has 5 rings (SSSR count). The Bertz CT molecular complexity index is 1370. The Morgan fingerprint density at radius 1 is 1.19 bits per heavy atom. The van der Waals surface area contributed by atoms with Crippen LogP contribution in [0.15, 0.2) is 41.4 Å². The Balaban J connectivity index is 1.51. The standard InChI is InChI=1S/C31H41N5O6/c1-5-31(6-2)13-25(37)36(29(33)35-31)26-20(15-40-4)16-41-23-10-8-19(12-21(23)26)28(38)34-27-22-11-18(14-32)7-9-24(22)42-17-30(27,3)39/h7-12,20,25-28,34,37-39H,5-6,13,15-17H2,1-4H3,(H2,33,35)/t20-,25?,26-,27-,28?,30-/m1/s1. The number of nitriles is 1. The predicted molar refractivity (Wildman–Crippen MR) is 156 cm³/mol. The first-order chi connectivity index (χ1) is 20.1. The van der Waals surface area contributed by atoms with Gasteiger partial charge in [-0.25, -0.2) is 4.99 Å². The number of nitrogens with two attached hydrogens (primary N) is 1. The molecule has 0 aromatic heterocycles. The summed E-state index contributed by atoms with van der Waals surface area (Å²) in [4.78, 5) is 6.62. The molecule has 0 spiro atoms. The molecule has 3 aliphatic heterocycles. The van der Waals surface area contributed by atoms with Gasteiger partial charge in [0.1, 0.15) is 36.2 Å². The molecular formula is C31H41N5O6. The van der Waals surface area contributed by atoms with Crippen molar-refractivity contribution >= 4 is 5.96 Å². The van der Waals surface area contributed by atoms with E-state index in [-0.39, 0.29) is 18.5 Å². The lowest BCUT2D eigenvalue weighted by atomic mass is 9.84. The van der Waals surface area contributed by atoms with Crippen LogP contribution in [0.1, 0.15) is 80.6 Å². The molecule has 42 heavy (non-hydrogen) atoms. The lowest BCUT2D eigenvalue weighted by Crippen LogP contribution is -2.57. The molecule has 2 aromatic rings. The minimum atomic E-state index is -1.36. The number of aliphatic hydroxyl groups excluding tert-OH is 2. The number of hydrogen-bond acceptors (Lipinski definition) is 11. The van der Waals surface area contributed by atoms with Crippen molar-refractivity contribution in [2.45, 2.75) is 75.7 Å². The highest BCUT2D eigenvalue weighted by atomic mass is 16.5. The van der Waals surface area contributed by atoms with Crippen LogP contribution >= 0.6 is 0 Å². The first-order valence-corrected chi connectivity index (χ1v) is 14.5. The zero-order chi connectivity index (χ0) is 30.2. The fourth-order valence-corrected chi connectivity index (χ4v) is 6.47. The zero-order valence-corrected chi connectivity index (χ0v) is 24.6. The quantitative estimate of drug-likeness (QED) is 0.294. The summed E-state index contributed by atoms with van der Waals surface area (Å²) in [6.07, 6.45) is -0.0971. The highest BCUT2D eigenvalue weighted by Crippen LogP contribution is 2.45. The molecule has 0 aliphatic carbocycles. The van der Waals surface area contributed by atoms with Gasteiger partial charge in [-0.1, -0.05) is 19.9 Å². The summed E-state index contributed by atoms with van der Waals surface area (Å²) in [5.41, 5.74) is 7.06. The average molecular weight is 580 g/mol. The number of aliphatic hydroxyl groups is 3. The van der Waals surface area contributed by atoms with Gasteiger partial charge in [-0.15, -0.1) is 0 Å². The lowest BCUT2D eigenvalue weighted by molar-refractivity contribution is -0.0533. The van der Waals surface area contributed by atoms with Crippen molar-refractivity contribution in [1.29, 1.82) is 5.26 Å². The second-order valence-electron chi connectivity index (χ2n) is 11.8. The van der Waals surface area contributed by atoms with E-state index in [9.17, 15) is 20.6 Å². The van der Waals surface area contributed by atoms with Gasteiger partial charge in [0, 0.05) is 30.6 Å². The molecule has 226 valence electrons. The third kappa shape index (κ3) is 5.41. The number of aliphatic imine (C=N–C) groups is 1. The molecule has 11 nitrogen and oxygen atoms in total. The highest BCUT2D eigenvalue weighted by molar-refractivity contribution is 5.80. The summed E-state index contributed by atoms with van der Waals surface area (Å²) in [6, 6.07) is 11.4. The number of nitrogens with one attached hydrogen (secondary N) is 1. The second kappa shape index (κ2) is 11.7. The number of rotatable bonds is 8. The number of benzene rings is 2. The van der Waals surface area contributed by atoms with Gasteiger partial charge in [-0.3, -0.25) is 5.32 Å². The van der Waals surface area contributed by atoms with Crippen LogP contribution < -0.4 is 20.5 Å². The van der Waals surface area contributed by atoms with E-state index in [1.54, 1.807) is 49.3 Å². The minimum absolute atomic E-state index is 0.0115. The first kappa shape index (κ1) is 30.1. The summed E-state index contributed by atoms with van der Waals surface area (Å²) >= 11 is 0. The normalized spacial score (nSPS) is 28.8. The molecule has 2 aromatic carbocycles. The van der Waals surface area contributed by atoms with Gasteiger partial charge in [0.25, 0.3) is 0 Å². The third-order valence-electron chi connectivity index (χ3n) is 8.98. The van der Waals surface area contributed by atoms with Gasteiger partial charge in [-0.2, -0.15) is 5.26 Å². The fourth-order valence-electron chi connectivity index (χ4n) is 6.47. The molecule has 0 radical (unpaired) electrons. The summed E-state index contributed by atoms with van der Waals surface area (Å²) in [7, 11) is 1.62. The summed E-state index contributed by atoms with van der Waals surface area (Å²) in [6.45, 7) is 6.46. The Kier molecular flexibility index (Phi) is 8.38. The molecule has 6 atom stereocenters. The van der Waals surface area contributed by atoms with Crippen molar-refractivity contribution in [3.05, 3.63) is 58.7 Å². The van der Waals surface area contributed by atoms with Gasteiger partial charge in [-0.05, 0) is 55.7 Å². The molecule has 0 bridgehead atoms. The van der Waals surface area contributed by atoms with Crippen LogP contribution in [0, 0.1) is 17.2 Å². The van der Waals surface area contributed by atoms with E-state index < -0.39 is 35.7 Å². The highest BCUT2D eigenvalue weighted by Gasteiger charge is 2.45. The minimum Gasteiger partial charge on any atom is -0.493 e.